The Kier molecular flexibility index (Phi) is 26.8. The van der Waals surface area contributed by atoms with Crippen LogP contribution in [0.2, 0.25) is 0 Å². The number of allylic oxidation sites excluding steroid dienone is 1. The van der Waals surface area contributed by atoms with Crippen molar-refractivity contribution in [1.82, 2.24) is 0 Å². The van der Waals surface area contributed by atoms with Crippen molar-refractivity contribution in [1.29, 1.82) is 0 Å². The molecule has 11 heteroatoms. The van der Waals surface area contributed by atoms with Crippen molar-refractivity contribution in [3.05, 3.63) is 12.7 Å². The number of halogens is 1. The smallest absolute Gasteiger partial charge is 1.00 e. The monoisotopic (exact) mass is 402 g/mol. The summed E-state index contributed by atoms with van der Waals surface area (Å²) in [5.74, 6) is 0. The van der Waals surface area contributed by atoms with Gasteiger partial charge in [0.15, 0.2) is 0 Å². The van der Waals surface area contributed by atoms with E-state index in [1.165, 1.54) is 0 Å². The number of unbranched alkanes of at least 4 members (excludes halogenated alkanes) is 7. The molecule has 2 atom stereocenters. The largest absolute Gasteiger partial charge is 1.00 e. The number of rotatable bonds is 12. The van der Waals surface area contributed by atoms with Crippen LogP contribution in [0.4, 0.5) is 4.39 Å². The molecule has 0 saturated carbocycles. The second-order valence-electron chi connectivity index (χ2n) is 4.93. The Morgan fingerprint density at radius 3 is 1.70 bits per heavy atom. The molecule has 5 nitrogen and oxygen atoms in total. The van der Waals surface area contributed by atoms with E-state index < -0.39 is 20.6 Å². The summed E-state index contributed by atoms with van der Waals surface area (Å²) in [6.45, 7) is 3.64. The van der Waals surface area contributed by atoms with Crippen molar-refractivity contribution < 1.29 is 121 Å². The summed E-state index contributed by atoms with van der Waals surface area (Å²) in [5.41, 5.74) is -2.95. The van der Waals surface area contributed by atoms with Gasteiger partial charge in [-0.05, 0) is 19.3 Å². The zero-order chi connectivity index (χ0) is 15.6. The van der Waals surface area contributed by atoms with Crippen LogP contribution in [0.25, 0.3) is 0 Å². The summed E-state index contributed by atoms with van der Waals surface area (Å²) in [7, 11) is -9.56. The molecule has 0 aromatic heterocycles. The van der Waals surface area contributed by atoms with Crippen molar-refractivity contribution in [2.75, 3.05) is 6.16 Å². The number of alkyl halides is 1. The molecule has 0 heterocycles. The fourth-order valence-corrected chi connectivity index (χ4v) is 4.97. The van der Waals surface area contributed by atoms with Gasteiger partial charge in [-0.1, -0.05) is 38.2 Å². The molecular weight excluding hydrogens is 374 g/mol. The van der Waals surface area contributed by atoms with Crippen LogP contribution in [0.5, 0.6) is 0 Å². The van der Waals surface area contributed by atoms with Crippen LogP contribution in [0.1, 0.15) is 55.6 Å². The van der Waals surface area contributed by atoms with E-state index in [-0.39, 0.29) is 99.1 Å². The maximum absolute atomic E-state index is 13.2. The first-order valence-electron chi connectivity index (χ1n) is 6.83. The minimum absolute atomic E-state index is 0. The molecule has 0 rings (SSSR count). The van der Waals surface area contributed by atoms with Crippen LogP contribution >= 0.6 is 15.0 Å². The summed E-state index contributed by atoms with van der Waals surface area (Å²) in [5, 5.41) is 0. The van der Waals surface area contributed by atoms with Crippen molar-refractivity contribution in [3.8, 4) is 0 Å². The van der Waals surface area contributed by atoms with Gasteiger partial charge < -0.3 is 19.0 Å². The van der Waals surface area contributed by atoms with Gasteiger partial charge in [0, 0.05) is 6.16 Å². The Balaban J connectivity index is -0.000000120. The van der Waals surface area contributed by atoms with Gasteiger partial charge in [-0.25, -0.2) is 4.39 Å². The van der Waals surface area contributed by atoms with Gasteiger partial charge >= 0.3 is 96.3 Å². The van der Waals surface area contributed by atoms with E-state index in [0.717, 1.165) is 38.5 Å². The SMILES string of the molecule is C=CCCCCCCCCCP(=O)(O)C(F)P(=O)(O)O.[H-].[H-].[H-].[Na+].[Na+].[Na+]. The van der Waals surface area contributed by atoms with E-state index in [2.05, 4.69) is 6.58 Å². The van der Waals surface area contributed by atoms with Crippen LogP contribution in [-0.4, -0.2) is 26.5 Å². The molecule has 126 valence electrons. The fraction of sp³-hybridized carbons (Fsp3) is 0.833. The number of hydrogen-bond donors (Lipinski definition) is 3. The maximum Gasteiger partial charge on any atom is 1.00 e. The fourth-order valence-electron chi connectivity index (χ4n) is 1.85. The molecule has 3 N–H and O–H groups in total. The minimum atomic E-state index is -5.14. The van der Waals surface area contributed by atoms with E-state index in [1.54, 1.807) is 0 Å². The van der Waals surface area contributed by atoms with Gasteiger partial charge in [0.05, 0.1) is 0 Å². The minimum Gasteiger partial charge on any atom is -1.00 e. The first-order valence-corrected chi connectivity index (χ1v) is 10.4. The Morgan fingerprint density at radius 2 is 1.30 bits per heavy atom. The third-order valence-corrected chi connectivity index (χ3v) is 7.16. The van der Waals surface area contributed by atoms with Crippen molar-refractivity contribution in [2.24, 2.45) is 0 Å². The first kappa shape index (κ1) is 33.6. The van der Waals surface area contributed by atoms with Crippen molar-refractivity contribution >= 4 is 15.0 Å². The summed E-state index contributed by atoms with van der Waals surface area (Å²) in [4.78, 5) is 26.4. The van der Waals surface area contributed by atoms with E-state index in [9.17, 15) is 18.4 Å². The van der Waals surface area contributed by atoms with Crippen LogP contribution in [0.3, 0.4) is 0 Å². The Bertz CT molecular complexity index is 395. The quantitative estimate of drug-likeness (QED) is 0.132. The van der Waals surface area contributed by atoms with E-state index in [1.807, 2.05) is 6.08 Å². The van der Waals surface area contributed by atoms with Crippen molar-refractivity contribution in [3.63, 3.8) is 0 Å². The predicted octanol–water partition coefficient (Wildman–Crippen LogP) is -4.66. The van der Waals surface area contributed by atoms with Crippen LogP contribution in [0.15, 0.2) is 12.7 Å². The molecule has 0 saturated heterocycles. The van der Waals surface area contributed by atoms with Gasteiger partial charge in [0.25, 0.3) is 5.65 Å². The average Bonchev–Trinajstić information content (AvgIpc) is 2.34. The molecule has 0 aromatic carbocycles. The molecule has 23 heavy (non-hydrogen) atoms. The van der Waals surface area contributed by atoms with Crippen LogP contribution in [-0.2, 0) is 9.13 Å². The summed E-state index contributed by atoms with van der Waals surface area (Å²) in [6.07, 6.45) is 8.68. The van der Waals surface area contributed by atoms with E-state index in [4.69, 9.17) is 9.79 Å². The van der Waals surface area contributed by atoms with Gasteiger partial charge in [0.1, 0.15) is 0 Å². The molecule has 0 spiro atoms. The van der Waals surface area contributed by atoms with Crippen LogP contribution < -0.4 is 88.7 Å². The molecule has 0 radical (unpaired) electrons. The summed E-state index contributed by atoms with van der Waals surface area (Å²) < 4.78 is 35.2. The molecular formula is C12H28FNa3O5P2. The van der Waals surface area contributed by atoms with E-state index >= 15 is 0 Å². The normalized spacial score (nSPS) is 14.4. The standard InChI is InChI=1S/C12H25FO5P2.3Na.3H/c1-2-3-4-5-6-7-8-9-10-11-19(14,15)12(13)20(16,17)18;;;;;;/h2,12H,1,3-11H2,(H,14,15)(H2,16,17,18);;;;;;/q;3*+1;3*-1. The van der Waals surface area contributed by atoms with Gasteiger partial charge in [-0.2, -0.15) is 0 Å². The molecule has 0 aliphatic carbocycles. The molecule has 2 unspecified atom stereocenters. The molecule has 0 fully saturated rings. The third kappa shape index (κ3) is 18.2. The topological polar surface area (TPSA) is 94.8 Å². The zero-order valence-electron chi connectivity index (χ0n) is 17.7. The van der Waals surface area contributed by atoms with E-state index in [0.29, 0.717) is 12.8 Å². The van der Waals surface area contributed by atoms with Crippen molar-refractivity contribution in [2.45, 2.75) is 57.0 Å². The molecule has 0 bridgehead atoms. The zero-order valence-corrected chi connectivity index (χ0v) is 22.4. The second-order valence-corrected chi connectivity index (χ2v) is 9.38. The second kappa shape index (κ2) is 18.4. The molecule has 0 aliphatic rings. The Morgan fingerprint density at radius 1 is 0.913 bits per heavy atom. The maximum atomic E-state index is 13.2. The predicted molar refractivity (Wildman–Crippen MR) is 82.1 cm³/mol. The van der Waals surface area contributed by atoms with Crippen LogP contribution in [0, 0.1) is 0 Å². The molecule has 0 aromatic rings. The summed E-state index contributed by atoms with van der Waals surface area (Å²) in [6, 6.07) is 0. The number of hydrogen-bond acceptors (Lipinski definition) is 2. The third-order valence-electron chi connectivity index (χ3n) is 3.00. The Hall–Kier alpha value is 3.01. The van der Waals surface area contributed by atoms with Gasteiger partial charge in [-0.3, -0.25) is 9.13 Å². The van der Waals surface area contributed by atoms with Gasteiger partial charge in [0.2, 0.25) is 7.37 Å². The summed E-state index contributed by atoms with van der Waals surface area (Å²) >= 11 is 0. The molecule has 0 aliphatic heterocycles. The van der Waals surface area contributed by atoms with Gasteiger partial charge in [-0.15, -0.1) is 6.58 Å². The first-order chi connectivity index (χ1) is 9.22. The average molecular weight is 402 g/mol. The molecule has 0 amide bonds. The Labute approximate surface area is 209 Å².